The predicted molar refractivity (Wildman–Crippen MR) is 129 cm³/mol. The Labute approximate surface area is 207 Å². The van der Waals surface area contributed by atoms with Crippen molar-refractivity contribution in [3.05, 3.63) is 81.8 Å². The lowest BCUT2D eigenvalue weighted by atomic mass is 9.87. The molecule has 0 spiro atoms. The molecule has 4 rings (SSSR count). The van der Waals surface area contributed by atoms with Crippen LogP contribution in [0, 0.1) is 0 Å². The smallest absolute Gasteiger partial charge is 0.341 e. The first-order chi connectivity index (χ1) is 16.2. The van der Waals surface area contributed by atoms with Gasteiger partial charge in [0, 0.05) is 11.1 Å². The molecule has 3 aromatic rings. The summed E-state index contributed by atoms with van der Waals surface area (Å²) in [5.74, 6) is 0.147. The number of aliphatic carboxylic acids is 1. The second kappa shape index (κ2) is 10.2. The van der Waals surface area contributed by atoms with E-state index in [1.54, 1.807) is 36.4 Å². The van der Waals surface area contributed by atoms with E-state index in [1.807, 2.05) is 6.07 Å². The molecular formula is C24H21Cl2NO6S. The highest BCUT2D eigenvalue weighted by Crippen LogP contribution is 2.37. The summed E-state index contributed by atoms with van der Waals surface area (Å²) in [6, 6.07) is 15.8. The summed E-state index contributed by atoms with van der Waals surface area (Å²) in [6.45, 7) is -0.463. The van der Waals surface area contributed by atoms with Gasteiger partial charge in [0.15, 0.2) is 6.61 Å². The summed E-state index contributed by atoms with van der Waals surface area (Å²) in [7, 11) is -3.91. The van der Waals surface area contributed by atoms with Gasteiger partial charge in [-0.15, -0.1) is 0 Å². The Hall–Kier alpha value is -2.78. The lowest BCUT2D eigenvalue weighted by Gasteiger charge is -2.27. The minimum atomic E-state index is -3.91. The molecule has 0 aliphatic heterocycles. The van der Waals surface area contributed by atoms with Crippen molar-refractivity contribution >= 4 is 39.2 Å². The van der Waals surface area contributed by atoms with Crippen molar-refractivity contribution in [2.45, 2.75) is 30.2 Å². The fraction of sp³-hybridized carbons (Fsp3) is 0.208. The maximum absolute atomic E-state index is 13.1. The quantitative estimate of drug-likeness (QED) is 0.399. The summed E-state index contributed by atoms with van der Waals surface area (Å²) >= 11 is 12.3. The minimum absolute atomic E-state index is 0.00125. The Bertz CT molecular complexity index is 1330. The number of carboxylic acids is 1. The average molecular weight is 522 g/mol. The van der Waals surface area contributed by atoms with Crippen molar-refractivity contribution in [2.24, 2.45) is 0 Å². The summed E-state index contributed by atoms with van der Waals surface area (Å²) in [6.07, 6.45) is 1.99. The number of sulfonamides is 1. The third-order valence-corrected chi connectivity index (χ3v) is 7.35. The normalized spacial score (nSPS) is 15.4. The van der Waals surface area contributed by atoms with Crippen LogP contribution in [0.4, 0.5) is 0 Å². The number of carbonyl (C=O) groups is 1. The van der Waals surface area contributed by atoms with Crippen molar-refractivity contribution in [1.29, 1.82) is 0 Å². The van der Waals surface area contributed by atoms with Crippen molar-refractivity contribution in [2.75, 3.05) is 6.61 Å². The number of ether oxygens (including phenoxy) is 2. The first-order valence-corrected chi connectivity index (χ1v) is 12.7. The van der Waals surface area contributed by atoms with Gasteiger partial charge in [-0.1, -0.05) is 41.4 Å². The highest BCUT2D eigenvalue weighted by molar-refractivity contribution is 7.89. The van der Waals surface area contributed by atoms with E-state index < -0.39 is 28.6 Å². The highest BCUT2D eigenvalue weighted by atomic mass is 35.5. The minimum Gasteiger partial charge on any atom is -0.482 e. The number of carboxylic acid groups (broad SMARTS) is 1. The zero-order chi connectivity index (χ0) is 24.3. The van der Waals surface area contributed by atoms with Crippen LogP contribution in [0.25, 0.3) is 0 Å². The van der Waals surface area contributed by atoms with Gasteiger partial charge in [0.05, 0.1) is 9.92 Å². The molecule has 0 aromatic heterocycles. The van der Waals surface area contributed by atoms with E-state index in [9.17, 15) is 13.2 Å². The van der Waals surface area contributed by atoms with E-state index in [0.717, 1.165) is 17.5 Å². The number of hydrogen-bond acceptors (Lipinski definition) is 5. The Morgan fingerprint density at radius 3 is 2.59 bits per heavy atom. The number of nitrogens with one attached hydrogen (secondary N) is 1. The molecular weight excluding hydrogens is 501 g/mol. The molecule has 0 amide bonds. The molecule has 10 heteroatoms. The number of halogens is 2. The first-order valence-electron chi connectivity index (χ1n) is 10.4. The van der Waals surface area contributed by atoms with Crippen LogP contribution in [0.2, 0.25) is 10.0 Å². The van der Waals surface area contributed by atoms with E-state index in [-0.39, 0.29) is 9.92 Å². The summed E-state index contributed by atoms with van der Waals surface area (Å²) in [5, 5.41) is 9.54. The third-order valence-electron chi connectivity index (χ3n) is 5.35. The van der Waals surface area contributed by atoms with E-state index in [1.165, 1.54) is 18.2 Å². The molecule has 2 N–H and O–H groups in total. The number of benzene rings is 3. The van der Waals surface area contributed by atoms with Gasteiger partial charge in [-0.2, -0.15) is 0 Å². The Balaban J connectivity index is 1.54. The molecule has 34 heavy (non-hydrogen) atoms. The Kier molecular flexibility index (Phi) is 7.33. The van der Waals surface area contributed by atoms with Crippen LogP contribution in [0.1, 0.15) is 30.0 Å². The van der Waals surface area contributed by atoms with Crippen LogP contribution in [0.5, 0.6) is 17.2 Å². The number of hydrogen-bond donors (Lipinski definition) is 2. The lowest BCUT2D eigenvalue weighted by molar-refractivity contribution is -0.139. The lowest BCUT2D eigenvalue weighted by Crippen LogP contribution is -2.31. The van der Waals surface area contributed by atoms with Crippen molar-refractivity contribution in [3.63, 3.8) is 0 Å². The second-order valence-electron chi connectivity index (χ2n) is 7.72. The second-order valence-corrected chi connectivity index (χ2v) is 10.3. The molecule has 1 aliphatic carbocycles. The fourth-order valence-electron chi connectivity index (χ4n) is 3.86. The molecule has 0 radical (unpaired) electrons. The van der Waals surface area contributed by atoms with E-state index in [2.05, 4.69) is 4.72 Å². The molecule has 3 aromatic carbocycles. The molecule has 7 nitrogen and oxygen atoms in total. The zero-order valence-electron chi connectivity index (χ0n) is 17.8. The third kappa shape index (κ3) is 5.64. The van der Waals surface area contributed by atoms with Crippen molar-refractivity contribution in [3.8, 4) is 17.2 Å². The first kappa shape index (κ1) is 24.3. The molecule has 1 atom stereocenters. The van der Waals surface area contributed by atoms with Gasteiger partial charge in [-0.3, -0.25) is 0 Å². The molecule has 0 fully saturated rings. The van der Waals surface area contributed by atoms with Crippen LogP contribution < -0.4 is 14.2 Å². The molecule has 0 bridgehead atoms. The molecule has 178 valence electrons. The van der Waals surface area contributed by atoms with Crippen molar-refractivity contribution < 1.29 is 27.8 Å². The van der Waals surface area contributed by atoms with Crippen LogP contribution in [0.15, 0.2) is 65.6 Å². The van der Waals surface area contributed by atoms with E-state index >= 15 is 0 Å². The van der Waals surface area contributed by atoms with Gasteiger partial charge in [0.25, 0.3) is 0 Å². The van der Waals surface area contributed by atoms with Crippen molar-refractivity contribution in [1.82, 2.24) is 4.72 Å². The summed E-state index contributed by atoms with van der Waals surface area (Å²) in [4.78, 5) is 10.9. The van der Waals surface area contributed by atoms with Gasteiger partial charge in [-0.05, 0) is 72.9 Å². The summed E-state index contributed by atoms with van der Waals surface area (Å²) in [5.41, 5.74) is 1.58. The molecule has 0 unspecified atom stereocenters. The van der Waals surface area contributed by atoms with Gasteiger partial charge in [-0.25, -0.2) is 17.9 Å². The summed E-state index contributed by atoms with van der Waals surface area (Å²) < 4.78 is 40.1. The van der Waals surface area contributed by atoms with Crippen LogP contribution in [0.3, 0.4) is 0 Å². The van der Waals surface area contributed by atoms with Gasteiger partial charge in [0.2, 0.25) is 10.0 Å². The SMILES string of the molecule is O=C(O)COc1cccc2c1CCC[C@H]2NS(=O)(=O)c1ccc(Oc2cccc(Cl)c2)c(Cl)c1. The van der Waals surface area contributed by atoms with Gasteiger partial charge < -0.3 is 14.6 Å². The molecule has 0 heterocycles. The number of fused-ring (bicyclic) bond motifs is 1. The highest BCUT2D eigenvalue weighted by Gasteiger charge is 2.28. The zero-order valence-corrected chi connectivity index (χ0v) is 20.2. The Morgan fingerprint density at radius 2 is 1.85 bits per heavy atom. The maximum Gasteiger partial charge on any atom is 0.341 e. The van der Waals surface area contributed by atoms with Crippen LogP contribution >= 0.6 is 23.2 Å². The van der Waals surface area contributed by atoms with Gasteiger partial charge >= 0.3 is 5.97 Å². The molecule has 1 aliphatic rings. The fourth-order valence-corrected chi connectivity index (χ4v) is 5.60. The monoisotopic (exact) mass is 521 g/mol. The predicted octanol–water partition coefficient (Wildman–Crippen LogP) is 5.61. The van der Waals surface area contributed by atoms with Crippen LogP contribution in [-0.4, -0.2) is 26.1 Å². The van der Waals surface area contributed by atoms with E-state index in [4.69, 9.17) is 37.8 Å². The van der Waals surface area contributed by atoms with E-state index in [0.29, 0.717) is 35.1 Å². The largest absolute Gasteiger partial charge is 0.482 e. The molecule has 0 saturated carbocycles. The Morgan fingerprint density at radius 1 is 1.06 bits per heavy atom. The maximum atomic E-state index is 13.1. The topological polar surface area (TPSA) is 102 Å². The standard InChI is InChI=1S/C24H21Cl2NO6S/c25-15-4-1-5-16(12-15)33-23-11-10-17(13-20(23)26)34(30,31)27-21-8-2-7-19-18(21)6-3-9-22(19)32-14-24(28)29/h1,3-6,9-13,21,27H,2,7-8,14H2,(H,28,29)/t21-/m1/s1. The van der Waals surface area contributed by atoms with Crippen LogP contribution in [-0.2, 0) is 21.2 Å². The average Bonchev–Trinajstić information content (AvgIpc) is 2.79. The van der Waals surface area contributed by atoms with Gasteiger partial charge in [0.1, 0.15) is 17.2 Å². The number of rotatable bonds is 8. The molecule has 0 saturated heterocycles.